The van der Waals surface area contributed by atoms with Crippen LogP contribution in [0.3, 0.4) is 0 Å². The first kappa shape index (κ1) is 15.5. The Balaban J connectivity index is 2.14. The molecule has 0 radical (unpaired) electrons. The fourth-order valence-electron chi connectivity index (χ4n) is 2.04. The molecule has 0 bridgehead atoms. The van der Waals surface area contributed by atoms with Crippen LogP contribution in [0.1, 0.15) is 17.0 Å². The van der Waals surface area contributed by atoms with Gasteiger partial charge in [-0.3, -0.25) is 0 Å². The Hall–Kier alpha value is -1.93. The number of aromatic nitrogens is 3. The molecule has 0 unspecified atom stereocenters. The number of benzene rings is 1. The number of nitrogens with two attached hydrogens (primary N) is 1. The second-order valence-corrected chi connectivity index (χ2v) is 6.72. The van der Waals surface area contributed by atoms with Gasteiger partial charge in [0.05, 0.1) is 4.90 Å². The van der Waals surface area contributed by atoms with Crippen molar-refractivity contribution in [3.8, 4) is 0 Å². The van der Waals surface area contributed by atoms with Gasteiger partial charge in [-0.25, -0.2) is 13.1 Å². The number of hydrogen-bond acceptors (Lipinski definition) is 5. The van der Waals surface area contributed by atoms with Gasteiger partial charge in [0, 0.05) is 25.7 Å². The number of nitrogens with zero attached hydrogens (tertiary/aromatic N) is 3. The highest BCUT2D eigenvalue weighted by molar-refractivity contribution is 7.89. The van der Waals surface area contributed by atoms with Crippen LogP contribution in [0.25, 0.3) is 0 Å². The summed E-state index contributed by atoms with van der Waals surface area (Å²) in [6.07, 6.45) is 2.05. The molecular weight excluding hydrogens is 290 g/mol. The molecular formula is C13H19N5O2S. The first-order chi connectivity index (χ1) is 9.81. The van der Waals surface area contributed by atoms with Gasteiger partial charge in [0.25, 0.3) is 0 Å². The third-order valence-electron chi connectivity index (χ3n) is 3.28. The zero-order chi connectivity index (χ0) is 15.6. The third kappa shape index (κ3) is 3.40. The second kappa shape index (κ2) is 5.82. The monoisotopic (exact) mass is 309 g/mol. The molecule has 8 heteroatoms. The Morgan fingerprint density at radius 2 is 2.05 bits per heavy atom. The van der Waals surface area contributed by atoms with Crippen LogP contribution in [0.2, 0.25) is 0 Å². The highest BCUT2D eigenvalue weighted by atomic mass is 32.2. The fourth-order valence-corrected chi connectivity index (χ4v) is 3.43. The topological polar surface area (TPSA) is 103 Å². The van der Waals surface area contributed by atoms with E-state index < -0.39 is 10.0 Å². The molecule has 0 aliphatic heterocycles. The SMILES string of the molecule is Cc1cc(N)c(C)c(S(=O)(=O)NCCc2nncn2C)c1. The molecule has 7 nitrogen and oxygen atoms in total. The molecule has 114 valence electrons. The fraction of sp³-hybridized carbons (Fsp3) is 0.385. The summed E-state index contributed by atoms with van der Waals surface area (Å²) in [4.78, 5) is 0.220. The summed E-state index contributed by atoms with van der Waals surface area (Å²) in [6.45, 7) is 3.77. The first-order valence-corrected chi connectivity index (χ1v) is 7.99. The number of rotatable bonds is 5. The molecule has 0 aliphatic carbocycles. The predicted molar refractivity (Wildman–Crippen MR) is 80.2 cm³/mol. The standard InChI is InChI=1S/C13H19N5O2S/c1-9-6-11(14)10(2)12(7-9)21(19,20)16-5-4-13-17-15-8-18(13)3/h6-8,16H,4-5,14H2,1-3H3. The van der Waals surface area contributed by atoms with Crippen LogP contribution in [0.4, 0.5) is 5.69 Å². The van der Waals surface area contributed by atoms with E-state index in [-0.39, 0.29) is 11.4 Å². The summed E-state index contributed by atoms with van der Waals surface area (Å²) in [6, 6.07) is 3.38. The van der Waals surface area contributed by atoms with Crippen molar-refractivity contribution in [3.63, 3.8) is 0 Å². The number of hydrogen-bond donors (Lipinski definition) is 2. The minimum Gasteiger partial charge on any atom is -0.398 e. The van der Waals surface area contributed by atoms with E-state index in [1.165, 1.54) is 0 Å². The normalized spacial score (nSPS) is 11.8. The Morgan fingerprint density at radius 1 is 1.33 bits per heavy atom. The van der Waals surface area contributed by atoms with Crippen molar-refractivity contribution in [1.29, 1.82) is 0 Å². The lowest BCUT2D eigenvalue weighted by Gasteiger charge is -2.12. The molecule has 2 rings (SSSR count). The van der Waals surface area contributed by atoms with Crippen molar-refractivity contribution in [3.05, 3.63) is 35.4 Å². The lowest BCUT2D eigenvalue weighted by atomic mass is 10.1. The van der Waals surface area contributed by atoms with Gasteiger partial charge in [-0.15, -0.1) is 10.2 Å². The van der Waals surface area contributed by atoms with Crippen LogP contribution in [-0.2, 0) is 23.5 Å². The van der Waals surface area contributed by atoms with E-state index in [4.69, 9.17) is 5.73 Å². The summed E-state index contributed by atoms with van der Waals surface area (Å²) >= 11 is 0. The highest BCUT2D eigenvalue weighted by Crippen LogP contribution is 2.22. The molecule has 1 heterocycles. The number of sulfonamides is 1. The molecule has 21 heavy (non-hydrogen) atoms. The van der Waals surface area contributed by atoms with Crippen molar-refractivity contribution >= 4 is 15.7 Å². The van der Waals surface area contributed by atoms with Gasteiger partial charge >= 0.3 is 0 Å². The molecule has 0 spiro atoms. The zero-order valence-corrected chi connectivity index (χ0v) is 13.1. The number of aryl methyl sites for hydroxylation is 2. The summed E-state index contributed by atoms with van der Waals surface area (Å²) in [7, 11) is -1.77. The van der Waals surface area contributed by atoms with Crippen molar-refractivity contribution in [2.45, 2.75) is 25.2 Å². The molecule has 0 saturated carbocycles. The molecule has 3 N–H and O–H groups in total. The van der Waals surface area contributed by atoms with Crippen LogP contribution in [0.15, 0.2) is 23.4 Å². The van der Waals surface area contributed by atoms with Crippen molar-refractivity contribution in [2.75, 3.05) is 12.3 Å². The van der Waals surface area contributed by atoms with E-state index in [1.807, 2.05) is 14.0 Å². The van der Waals surface area contributed by atoms with E-state index in [1.54, 1.807) is 30.0 Å². The summed E-state index contributed by atoms with van der Waals surface area (Å²) in [5, 5.41) is 7.66. The smallest absolute Gasteiger partial charge is 0.240 e. The van der Waals surface area contributed by atoms with Crippen LogP contribution in [0, 0.1) is 13.8 Å². The van der Waals surface area contributed by atoms with Gasteiger partial charge in [-0.2, -0.15) is 0 Å². The maximum atomic E-state index is 12.4. The predicted octanol–water partition coefficient (Wildman–Crippen LogP) is 0.535. The maximum Gasteiger partial charge on any atom is 0.240 e. The average Bonchev–Trinajstić information content (AvgIpc) is 2.79. The van der Waals surface area contributed by atoms with Gasteiger partial charge in [-0.1, -0.05) is 0 Å². The summed E-state index contributed by atoms with van der Waals surface area (Å²) in [5.41, 5.74) is 7.68. The molecule has 1 aromatic carbocycles. The van der Waals surface area contributed by atoms with Gasteiger partial charge in [0.1, 0.15) is 12.2 Å². The summed E-state index contributed by atoms with van der Waals surface area (Å²) in [5.74, 6) is 0.721. The van der Waals surface area contributed by atoms with Gasteiger partial charge in [0.15, 0.2) is 0 Å². The lowest BCUT2D eigenvalue weighted by molar-refractivity contribution is 0.579. The van der Waals surface area contributed by atoms with Crippen molar-refractivity contribution in [1.82, 2.24) is 19.5 Å². The average molecular weight is 309 g/mol. The molecule has 0 amide bonds. The lowest BCUT2D eigenvalue weighted by Crippen LogP contribution is -2.27. The quantitative estimate of drug-likeness (QED) is 0.784. The van der Waals surface area contributed by atoms with E-state index in [0.29, 0.717) is 17.7 Å². The number of nitrogen functional groups attached to an aromatic ring is 1. The van der Waals surface area contributed by atoms with E-state index in [2.05, 4.69) is 14.9 Å². The molecule has 0 atom stereocenters. The largest absolute Gasteiger partial charge is 0.398 e. The van der Waals surface area contributed by atoms with Crippen LogP contribution in [-0.4, -0.2) is 29.7 Å². The number of nitrogens with one attached hydrogen (secondary N) is 1. The van der Waals surface area contributed by atoms with Crippen molar-refractivity contribution < 1.29 is 8.42 Å². The first-order valence-electron chi connectivity index (χ1n) is 6.50. The maximum absolute atomic E-state index is 12.4. The summed E-state index contributed by atoms with van der Waals surface area (Å²) < 4.78 is 29.0. The van der Waals surface area contributed by atoms with Crippen molar-refractivity contribution in [2.24, 2.45) is 7.05 Å². The van der Waals surface area contributed by atoms with Crippen LogP contribution in [0.5, 0.6) is 0 Å². The van der Waals surface area contributed by atoms with Gasteiger partial charge in [-0.05, 0) is 37.1 Å². The van der Waals surface area contributed by atoms with Gasteiger partial charge < -0.3 is 10.3 Å². The Bertz CT molecular complexity index is 752. The molecule has 0 fully saturated rings. The third-order valence-corrected chi connectivity index (χ3v) is 4.87. The van der Waals surface area contributed by atoms with Crippen LogP contribution < -0.4 is 10.5 Å². The Morgan fingerprint density at radius 3 is 2.67 bits per heavy atom. The molecule has 0 saturated heterocycles. The van der Waals surface area contributed by atoms with Crippen LogP contribution >= 0.6 is 0 Å². The van der Waals surface area contributed by atoms with E-state index in [9.17, 15) is 8.42 Å². The Kier molecular flexibility index (Phi) is 4.29. The van der Waals surface area contributed by atoms with E-state index in [0.717, 1.165) is 11.4 Å². The number of anilines is 1. The zero-order valence-electron chi connectivity index (χ0n) is 12.3. The highest BCUT2D eigenvalue weighted by Gasteiger charge is 2.18. The molecule has 0 aliphatic rings. The second-order valence-electron chi connectivity index (χ2n) is 4.98. The van der Waals surface area contributed by atoms with E-state index >= 15 is 0 Å². The minimum absolute atomic E-state index is 0.220. The molecule has 2 aromatic rings. The minimum atomic E-state index is -3.59. The molecule has 1 aromatic heterocycles. The van der Waals surface area contributed by atoms with Gasteiger partial charge in [0.2, 0.25) is 10.0 Å². The Labute approximate surface area is 124 Å².